The summed E-state index contributed by atoms with van der Waals surface area (Å²) in [4.78, 5) is 0. The van der Waals surface area contributed by atoms with Crippen molar-refractivity contribution in [3.63, 3.8) is 0 Å². The van der Waals surface area contributed by atoms with Crippen molar-refractivity contribution >= 4 is 17.2 Å². The summed E-state index contributed by atoms with van der Waals surface area (Å²) in [6.45, 7) is -0.440. The van der Waals surface area contributed by atoms with Gasteiger partial charge >= 0.3 is 0 Å². The molecule has 2 aromatic heterocycles. The fourth-order valence-electron chi connectivity index (χ4n) is 1.30. The molecular weight excluding hydrogens is 254 g/mol. The molecule has 0 bridgehead atoms. The molecule has 0 aliphatic rings. The third-order valence-corrected chi connectivity index (χ3v) is 2.21. The monoisotopic (exact) mass is 262 g/mol. The number of fused-ring (bicyclic) bond motifs is 1. The number of ether oxygens (including phenoxy) is 1. The molecule has 2 heterocycles. The third kappa shape index (κ3) is 3.07. The zero-order valence-corrected chi connectivity index (χ0v) is 9.44. The second-order valence-electron chi connectivity index (χ2n) is 3.26. The minimum Gasteiger partial charge on any atom is -0.375 e. The first-order valence-electron chi connectivity index (χ1n) is 4.89. The number of nitrogens with zero attached hydrogens (tertiary/aromatic N) is 4. The van der Waals surface area contributed by atoms with Gasteiger partial charge in [0.2, 0.25) is 0 Å². The molecule has 2 rings (SSSR count). The minimum atomic E-state index is -2.46. The van der Waals surface area contributed by atoms with Crippen molar-refractivity contribution in [1.82, 2.24) is 19.8 Å². The van der Waals surface area contributed by atoms with E-state index in [0.717, 1.165) is 0 Å². The van der Waals surface area contributed by atoms with Crippen molar-refractivity contribution in [2.45, 2.75) is 12.8 Å². The van der Waals surface area contributed by atoms with Gasteiger partial charge < -0.3 is 4.74 Å². The molecule has 0 saturated heterocycles. The van der Waals surface area contributed by atoms with Gasteiger partial charge in [-0.25, -0.2) is 8.78 Å². The van der Waals surface area contributed by atoms with E-state index in [1.54, 1.807) is 12.1 Å². The molecule has 2 aromatic rings. The molecule has 0 aliphatic carbocycles. The molecule has 0 atom stereocenters. The lowest BCUT2D eigenvalue weighted by Gasteiger charge is -2.02. The summed E-state index contributed by atoms with van der Waals surface area (Å²) >= 11 is 5.73. The van der Waals surface area contributed by atoms with Gasteiger partial charge in [-0.3, -0.25) is 0 Å². The Hall–Kier alpha value is -1.34. The van der Waals surface area contributed by atoms with E-state index in [-0.39, 0.29) is 6.61 Å². The Balaban J connectivity index is 2.01. The number of rotatable bonds is 5. The van der Waals surface area contributed by atoms with Crippen molar-refractivity contribution < 1.29 is 13.5 Å². The van der Waals surface area contributed by atoms with Gasteiger partial charge in [0.05, 0.1) is 6.61 Å². The van der Waals surface area contributed by atoms with Crippen molar-refractivity contribution in [3.8, 4) is 0 Å². The SMILES string of the molecule is FC(F)COCCc1nnc2ccc(Cl)nn12. The van der Waals surface area contributed by atoms with Gasteiger partial charge in [-0.1, -0.05) is 11.6 Å². The minimum absolute atomic E-state index is 0.138. The Morgan fingerprint density at radius 1 is 1.35 bits per heavy atom. The van der Waals surface area contributed by atoms with Crippen LogP contribution in [0.1, 0.15) is 5.82 Å². The molecule has 92 valence electrons. The van der Waals surface area contributed by atoms with Gasteiger partial charge in [0.25, 0.3) is 6.43 Å². The fourth-order valence-corrected chi connectivity index (χ4v) is 1.44. The fraction of sp³-hybridized carbons (Fsp3) is 0.444. The number of aromatic nitrogens is 4. The predicted octanol–water partition coefficient (Wildman–Crippen LogP) is 1.60. The lowest BCUT2D eigenvalue weighted by molar-refractivity contribution is 0.0182. The Labute approximate surface area is 100 Å². The Morgan fingerprint density at radius 2 is 2.18 bits per heavy atom. The Morgan fingerprint density at radius 3 is 2.94 bits per heavy atom. The molecule has 17 heavy (non-hydrogen) atoms. The van der Waals surface area contributed by atoms with E-state index in [0.29, 0.717) is 23.0 Å². The lowest BCUT2D eigenvalue weighted by atomic mass is 10.4. The standard InChI is InChI=1S/C9H9ClF2N4O/c10-6-1-2-8-13-14-9(16(8)15-6)3-4-17-5-7(11)12/h1-2,7H,3-5H2. The van der Waals surface area contributed by atoms with Crippen molar-refractivity contribution in [2.24, 2.45) is 0 Å². The summed E-state index contributed by atoms with van der Waals surface area (Å²) in [6, 6.07) is 3.27. The first-order valence-corrected chi connectivity index (χ1v) is 5.27. The number of halogens is 3. The van der Waals surface area contributed by atoms with Crippen LogP contribution in [0.3, 0.4) is 0 Å². The Bertz CT molecular complexity index is 505. The van der Waals surface area contributed by atoms with Crippen LogP contribution in [0.5, 0.6) is 0 Å². The maximum Gasteiger partial charge on any atom is 0.261 e. The molecule has 0 aliphatic heterocycles. The first-order chi connectivity index (χ1) is 8.16. The number of hydrogen-bond donors (Lipinski definition) is 0. The van der Waals surface area contributed by atoms with Crippen LogP contribution in [-0.4, -0.2) is 39.5 Å². The van der Waals surface area contributed by atoms with Crippen LogP contribution < -0.4 is 0 Å². The zero-order chi connectivity index (χ0) is 12.3. The van der Waals surface area contributed by atoms with Crippen molar-refractivity contribution in [2.75, 3.05) is 13.2 Å². The van der Waals surface area contributed by atoms with Gasteiger partial charge in [-0.2, -0.15) is 9.61 Å². The normalized spacial score (nSPS) is 11.5. The van der Waals surface area contributed by atoms with Crippen LogP contribution in [0.4, 0.5) is 8.78 Å². The Kier molecular flexibility index (Phi) is 3.80. The quantitative estimate of drug-likeness (QED) is 0.768. The van der Waals surface area contributed by atoms with Crippen molar-refractivity contribution in [1.29, 1.82) is 0 Å². The van der Waals surface area contributed by atoms with Crippen molar-refractivity contribution in [3.05, 3.63) is 23.1 Å². The molecule has 5 nitrogen and oxygen atoms in total. The largest absolute Gasteiger partial charge is 0.375 e. The van der Waals surface area contributed by atoms with Gasteiger partial charge in [0.1, 0.15) is 11.8 Å². The van der Waals surface area contributed by atoms with Gasteiger partial charge in [-0.15, -0.1) is 10.2 Å². The topological polar surface area (TPSA) is 52.3 Å². The second-order valence-corrected chi connectivity index (χ2v) is 3.65. The van der Waals surface area contributed by atoms with Crippen LogP contribution in [0, 0.1) is 0 Å². The summed E-state index contributed by atoms with van der Waals surface area (Å²) in [5.41, 5.74) is 0.554. The van der Waals surface area contributed by atoms with E-state index in [2.05, 4.69) is 15.3 Å². The van der Waals surface area contributed by atoms with Gasteiger partial charge in [0.15, 0.2) is 11.5 Å². The second kappa shape index (κ2) is 5.33. The average Bonchev–Trinajstić information content (AvgIpc) is 2.67. The summed E-state index contributed by atoms with van der Waals surface area (Å²) in [5.74, 6) is 0.525. The smallest absolute Gasteiger partial charge is 0.261 e. The molecule has 0 saturated carbocycles. The molecule has 0 fully saturated rings. The van der Waals surface area contributed by atoms with E-state index in [9.17, 15) is 8.78 Å². The molecule has 8 heteroatoms. The van der Waals surface area contributed by atoms with E-state index in [1.165, 1.54) is 4.52 Å². The van der Waals surface area contributed by atoms with E-state index < -0.39 is 13.0 Å². The first kappa shape index (κ1) is 12.1. The average molecular weight is 263 g/mol. The highest BCUT2D eigenvalue weighted by Gasteiger charge is 2.08. The number of alkyl halides is 2. The molecular formula is C9H9ClF2N4O. The van der Waals surface area contributed by atoms with Crippen LogP contribution in [0.25, 0.3) is 5.65 Å². The summed E-state index contributed by atoms with van der Waals surface area (Å²) in [5, 5.41) is 12.1. The molecule has 0 spiro atoms. The zero-order valence-electron chi connectivity index (χ0n) is 8.68. The highest BCUT2D eigenvalue weighted by Crippen LogP contribution is 2.07. The summed E-state index contributed by atoms with van der Waals surface area (Å²) < 4.78 is 29.9. The highest BCUT2D eigenvalue weighted by atomic mass is 35.5. The predicted molar refractivity (Wildman–Crippen MR) is 56.3 cm³/mol. The maximum absolute atomic E-state index is 11.8. The lowest BCUT2D eigenvalue weighted by Crippen LogP contribution is -2.09. The molecule has 0 aromatic carbocycles. The summed E-state index contributed by atoms with van der Waals surface area (Å²) in [7, 11) is 0. The van der Waals surface area contributed by atoms with Crippen LogP contribution >= 0.6 is 11.6 Å². The molecule has 0 amide bonds. The van der Waals surface area contributed by atoms with E-state index >= 15 is 0 Å². The highest BCUT2D eigenvalue weighted by molar-refractivity contribution is 6.29. The van der Waals surface area contributed by atoms with Crippen LogP contribution in [0.15, 0.2) is 12.1 Å². The molecule has 0 radical (unpaired) electrons. The van der Waals surface area contributed by atoms with E-state index in [1.807, 2.05) is 0 Å². The molecule has 0 unspecified atom stereocenters. The number of hydrogen-bond acceptors (Lipinski definition) is 4. The third-order valence-electron chi connectivity index (χ3n) is 2.01. The van der Waals surface area contributed by atoms with Crippen LogP contribution in [0.2, 0.25) is 5.15 Å². The van der Waals surface area contributed by atoms with E-state index in [4.69, 9.17) is 16.3 Å². The molecule has 0 N–H and O–H groups in total. The summed E-state index contributed by atoms with van der Waals surface area (Å²) in [6.07, 6.45) is -2.11. The van der Waals surface area contributed by atoms with Gasteiger partial charge in [0, 0.05) is 6.42 Å². The van der Waals surface area contributed by atoms with Crippen LogP contribution in [-0.2, 0) is 11.2 Å². The van der Waals surface area contributed by atoms with Gasteiger partial charge in [-0.05, 0) is 12.1 Å². The maximum atomic E-state index is 11.8.